The molecule has 3 rings (SSSR count). The Bertz CT molecular complexity index is 770. The number of fused-ring (bicyclic) bond motifs is 1. The zero-order valence-electron chi connectivity index (χ0n) is 11.6. The average molecular weight is 281 g/mol. The molecular weight excluding hydrogens is 265 g/mol. The Kier molecular flexibility index (Phi) is 3.84. The summed E-state index contributed by atoms with van der Waals surface area (Å²) in [6.07, 6.45) is 0. The van der Waals surface area contributed by atoms with Crippen LogP contribution in [0.3, 0.4) is 0 Å². The summed E-state index contributed by atoms with van der Waals surface area (Å²) in [5.74, 6) is 0.519. The highest BCUT2D eigenvalue weighted by atomic mass is 19.1. The first-order chi connectivity index (χ1) is 10.3. The third-order valence-corrected chi connectivity index (χ3v) is 3.50. The van der Waals surface area contributed by atoms with Crippen LogP contribution in [0.5, 0.6) is 5.75 Å². The molecule has 21 heavy (non-hydrogen) atoms. The predicted octanol–water partition coefficient (Wildman–Crippen LogP) is 4.02. The molecule has 3 heteroatoms. The Hall–Kier alpha value is -2.39. The van der Waals surface area contributed by atoms with Gasteiger partial charge in [-0.2, -0.15) is 0 Å². The highest BCUT2D eigenvalue weighted by Crippen LogP contribution is 2.22. The van der Waals surface area contributed by atoms with Crippen LogP contribution >= 0.6 is 0 Å². The molecule has 0 aromatic heterocycles. The zero-order valence-corrected chi connectivity index (χ0v) is 11.6. The van der Waals surface area contributed by atoms with Gasteiger partial charge in [0.1, 0.15) is 18.2 Å². The highest BCUT2D eigenvalue weighted by Gasteiger charge is 2.04. The minimum Gasteiger partial charge on any atom is -0.489 e. The molecule has 0 spiro atoms. The quantitative estimate of drug-likeness (QED) is 0.784. The molecule has 0 radical (unpaired) electrons. The van der Waals surface area contributed by atoms with Crippen molar-refractivity contribution in [3.8, 4) is 5.75 Å². The smallest absolute Gasteiger partial charge is 0.123 e. The van der Waals surface area contributed by atoms with Crippen molar-refractivity contribution in [1.29, 1.82) is 0 Å². The van der Waals surface area contributed by atoms with Crippen LogP contribution in [0.15, 0.2) is 60.7 Å². The van der Waals surface area contributed by atoms with Gasteiger partial charge in [0, 0.05) is 6.54 Å². The van der Waals surface area contributed by atoms with E-state index in [9.17, 15) is 4.39 Å². The fraction of sp³-hybridized carbons (Fsp3) is 0.111. The first-order valence-electron chi connectivity index (χ1n) is 6.85. The van der Waals surface area contributed by atoms with Crippen molar-refractivity contribution in [1.82, 2.24) is 0 Å². The van der Waals surface area contributed by atoms with Gasteiger partial charge in [-0.3, -0.25) is 0 Å². The van der Waals surface area contributed by atoms with Crippen molar-refractivity contribution >= 4 is 10.8 Å². The lowest BCUT2D eigenvalue weighted by Crippen LogP contribution is -2.05. The average Bonchev–Trinajstić information content (AvgIpc) is 2.53. The molecule has 2 nitrogen and oxygen atoms in total. The van der Waals surface area contributed by atoms with Crippen molar-refractivity contribution in [2.75, 3.05) is 0 Å². The second kappa shape index (κ2) is 5.94. The lowest BCUT2D eigenvalue weighted by atomic mass is 10.1. The summed E-state index contributed by atoms with van der Waals surface area (Å²) in [5.41, 5.74) is 7.32. The van der Waals surface area contributed by atoms with E-state index in [1.54, 1.807) is 6.07 Å². The van der Waals surface area contributed by atoms with Gasteiger partial charge >= 0.3 is 0 Å². The Balaban J connectivity index is 1.80. The van der Waals surface area contributed by atoms with Crippen molar-refractivity contribution in [3.63, 3.8) is 0 Å². The number of nitrogens with two attached hydrogens (primary N) is 1. The maximum atomic E-state index is 13.2. The molecule has 0 aliphatic heterocycles. The van der Waals surface area contributed by atoms with Gasteiger partial charge in [-0.15, -0.1) is 0 Å². The molecule has 106 valence electrons. The lowest BCUT2D eigenvalue weighted by molar-refractivity contribution is 0.305. The summed E-state index contributed by atoms with van der Waals surface area (Å²) in [4.78, 5) is 0. The molecule has 0 bridgehead atoms. The normalized spacial score (nSPS) is 10.8. The minimum absolute atomic E-state index is 0.273. The Labute approximate surface area is 123 Å². The van der Waals surface area contributed by atoms with Crippen LogP contribution in [-0.4, -0.2) is 0 Å². The second-order valence-corrected chi connectivity index (χ2v) is 4.91. The summed E-state index contributed by atoms with van der Waals surface area (Å²) < 4.78 is 19.0. The Morgan fingerprint density at radius 2 is 1.67 bits per heavy atom. The highest BCUT2D eigenvalue weighted by molar-refractivity contribution is 5.83. The number of rotatable bonds is 4. The first-order valence-corrected chi connectivity index (χ1v) is 6.85. The van der Waals surface area contributed by atoms with E-state index in [2.05, 4.69) is 6.07 Å². The Morgan fingerprint density at radius 1 is 0.857 bits per heavy atom. The van der Waals surface area contributed by atoms with Gasteiger partial charge in [-0.05, 0) is 46.2 Å². The van der Waals surface area contributed by atoms with Crippen LogP contribution in [0.4, 0.5) is 4.39 Å². The molecule has 0 saturated heterocycles. The van der Waals surface area contributed by atoms with Gasteiger partial charge < -0.3 is 10.5 Å². The van der Waals surface area contributed by atoms with E-state index in [1.807, 2.05) is 36.4 Å². The van der Waals surface area contributed by atoms with Crippen molar-refractivity contribution in [3.05, 3.63) is 77.6 Å². The van der Waals surface area contributed by atoms with Gasteiger partial charge in [0.25, 0.3) is 0 Å². The van der Waals surface area contributed by atoms with Crippen molar-refractivity contribution in [2.24, 2.45) is 5.73 Å². The SMILES string of the molecule is NCc1cc(F)ccc1COc1ccc2ccccc2c1. The molecule has 3 aromatic carbocycles. The minimum atomic E-state index is -0.273. The van der Waals surface area contributed by atoms with Crippen LogP contribution < -0.4 is 10.5 Å². The third kappa shape index (κ3) is 3.03. The lowest BCUT2D eigenvalue weighted by Gasteiger charge is -2.11. The van der Waals surface area contributed by atoms with Gasteiger partial charge in [0.2, 0.25) is 0 Å². The second-order valence-electron chi connectivity index (χ2n) is 4.91. The van der Waals surface area contributed by atoms with Gasteiger partial charge in [0.15, 0.2) is 0 Å². The van der Waals surface area contributed by atoms with Gasteiger partial charge in [0.05, 0.1) is 0 Å². The third-order valence-electron chi connectivity index (χ3n) is 3.50. The summed E-state index contributed by atoms with van der Waals surface area (Å²) in [5, 5.41) is 2.31. The van der Waals surface area contributed by atoms with E-state index >= 15 is 0 Å². The van der Waals surface area contributed by atoms with Crippen LogP contribution in [-0.2, 0) is 13.2 Å². The zero-order chi connectivity index (χ0) is 14.7. The summed E-state index contributed by atoms with van der Waals surface area (Å²) >= 11 is 0. The first kappa shape index (κ1) is 13.6. The fourth-order valence-corrected chi connectivity index (χ4v) is 2.34. The molecule has 2 N–H and O–H groups in total. The van der Waals surface area contributed by atoms with E-state index < -0.39 is 0 Å². The largest absolute Gasteiger partial charge is 0.489 e. The van der Waals surface area contributed by atoms with Crippen LogP contribution in [0.2, 0.25) is 0 Å². The summed E-state index contributed by atoms with van der Waals surface area (Å²) in [7, 11) is 0. The maximum Gasteiger partial charge on any atom is 0.123 e. The Morgan fingerprint density at radius 3 is 2.48 bits per heavy atom. The number of halogens is 1. The predicted molar refractivity (Wildman–Crippen MR) is 82.6 cm³/mol. The van der Waals surface area contributed by atoms with Crippen molar-refractivity contribution in [2.45, 2.75) is 13.2 Å². The molecule has 0 saturated carbocycles. The van der Waals surface area contributed by atoms with Crippen LogP contribution in [0.1, 0.15) is 11.1 Å². The van der Waals surface area contributed by atoms with Crippen LogP contribution in [0, 0.1) is 5.82 Å². The van der Waals surface area contributed by atoms with Gasteiger partial charge in [-0.1, -0.05) is 36.4 Å². The molecule has 0 amide bonds. The van der Waals surface area contributed by atoms with E-state index in [1.165, 1.54) is 17.5 Å². The molecule has 0 unspecified atom stereocenters. The number of hydrogen-bond donors (Lipinski definition) is 1. The van der Waals surface area contributed by atoms with Gasteiger partial charge in [-0.25, -0.2) is 4.39 Å². The summed E-state index contributed by atoms with van der Waals surface area (Å²) in [6, 6.07) is 18.7. The molecule has 0 aliphatic carbocycles. The molecule has 0 atom stereocenters. The standard InChI is InChI=1S/C18H16FNO/c19-17-7-5-15(16(9-17)11-20)12-21-18-8-6-13-3-1-2-4-14(13)10-18/h1-10H,11-12,20H2. The van der Waals surface area contributed by atoms with E-state index in [0.717, 1.165) is 22.3 Å². The van der Waals surface area contributed by atoms with Crippen molar-refractivity contribution < 1.29 is 9.13 Å². The van der Waals surface area contributed by atoms with E-state index in [4.69, 9.17) is 10.5 Å². The fourth-order valence-electron chi connectivity index (χ4n) is 2.34. The summed E-state index contributed by atoms with van der Waals surface area (Å²) in [6.45, 7) is 0.680. The monoisotopic (exact) mass is 281 g/mol. The topological polar surface area (TPSA) is 35.2 Å². The van der Waals surface area contributed by atoms with E-state index in [-0.39, 0.29) is 5.82 Å². The molecule has 0 fully saturated rings. The van der Waals surface area contributed by atoms with E-state index in [0.29, 0.717) is 13.2 Å². The number of ether oxygens (including phenoxy) is 1. The molecular formula is C18H16FNO. The number of hydrogen-bond acceptors (Lipinski definition) is 2. The maximum absolute atomic E-state index is 13.2. The molecule has 0 aliphatic rings. The number of benzene rings is 3. The molecule has 3 aromatic rings. The van der Waals surface area contributed by atoms with Crippen LogP contribution in [0.25, 0.3) is 10.8 Å². The molecule has 0 heterocycles.